The standard InChI is InChI=1S/C23H23N5O3/c1-17-3-2-4-20(29)16-25-21(26-23(17)31)9-10-22(30)28-13-11-27(12-14-28)19-7-5-18(15-24)6-8-19/h2-10,16,29H,11-14H2,1H3,(H,25,26,31)/b10-9+. The molecule has 0 unspecified atom stereocenters. The average molecular weight is 417 g/mol. The van der Waals surface area contributed by atoms with Crippen LogP contribution < -0.4 is 10.5 Å². The fraction of sp³-hybridized carbons (Fsp3) is 0.217. The van der Waals surface area contributed by atoms with Crippen molar-refractivity contribution in [2.75, 3.05) is 31.1 Å². The van der Waals surface area contributed by atoms with E-state index >= 15 is 0 Å². The smallest absolute Gasteiger partial charge is 0.252 e. The predicted octanol–water partition coefficient (Wildman–Crippen LogP) is 2.14. The molecule has 0 atom stereocenters. The Bertz CT molecular complexity index is 1120. The molecular formula is C23H23N5O3. The lowest BCUT2D eigenvalue weighted by Gasteiger charge is -2.35. The Morgan fingerprint density at radius 2 is 1.87 bits per heavy atom. The van der Waals surface area contributed by atoms with Gasteiger partial charge in [-0.25, -0.2) is 4.98 Å². The Hall–Kier alpha value is -4.12. The molecule has 158 valence electrons. The van der Waals surface area contributed by atoms with Crippen molar-refractivity contribution in [1.29, 1.82) is 5.26 Å². The first-order chi connectivity index (χ1) is 15.0. The van der Waals surface area contributed by atoms with Gasteiger partial charge in [0, 0.05) is 43.5 Å². The van der Waals surface area contributed by atoms with Crippen LogP contribution in [-0.2, 0) is 4.79 Å². The zero-order valence-electron chi connectivity index (χ0n) is 17.2. The fourth-order valence-electron chi connectivity index (χ4n) is 3.06. The number of amides is 1. The summed E-state index contributed by atoms with van der Waals surface area (Å²) in [4.78, 5) is 35.3. The average Bonchev–Trinajstić information content (AvgIpc) is 2.80. The van der Waals surface area contributed by atoms with Gasteiger partial charge in [-0.2, -0.15) is 5.26 Å². The van der Waals surface area contributed by atoms with Gasteiger partial charge >= 0.3 is 0 Å². The summed E-state index contributed by atoms with van der Waals surface area (Å²) < 4.78 is 0. The summed E-state index contributed by atoms with van der Waals surface area (Å²) in [5.41, 5.74) is 1.73. The molecule has 1 aromatic heterocycles. The summed E-state index contributed by atoms with van der Waals surface area (Å²) >= 11 is 0. The van der Waals surface area contributed by atoms with Gasteiger partial charge in [0.25, 0.3) is 5.56 Å². The van der Waals surface area contributed by atoms with Crippen molar-refractivity contribution in [3.05, 3.63) is 82.0 Å². The first kappa shape index (κ1) is 21.6. The second-order valence-corrected chi connectivity index (χ2v) is 7.04. The summed E-state index contributed by atoms with van der Waals surface area (Å²) in [5, 5.41) is 18.6. The lowest BCUT2D eigenvalue weighted by molar-refractivity contribution is -0.126. The quantitative estimate of drug-likeness (QED) is 0.740. The zero-order valence-corrected chi connectivity index (χ0v) is 17.2. The van der Waals surface area contributed by atoms with E-state index in [1.54, 1.807) is 36.1 Å². The van der Waals surface area contributed by atoms with Crippen molar-refractivity contribution in [2.24, 2.45) is 0 Å². The van der Waals surface area contributed by atoms with Gasteiger partial charge in [-0.1, -0.05) is 12.1 Å². The number of H-pyrrole nitrogens is 1. The minimum atomic E-state index is -0.341. The van der Waals surface area contributed by atoms with E-state index in [9.17, 15) is 14.7 Å². The van der Waals surface area contributed by atoms with E-state index in [1.807, 2.05) is 12.1 Å². The number of aromatic amines is 1. The molecule has 0 aliphatic carbocycles. The second-order valence-electron chi connectivity index (χ2n) is 7.04. The number of rotatable bonds is 3. The Kier molecular flexibility index (Phi) is 7.01. The minimum absolute atomic E-state index is 0.0728. The zero-order chi connectivity index (χ0) is 22.2. The van der Waals surface area contributed by atoms with Crippen LogP contribution in [0.15, 0.2) is 59.5 Å². The molecule has 0 saturated carbocycles. The maximum atomic E-state index is 12.6. The summed E-state index contributed by atoms with van der Waals surface area (Å²) in [6.07, 6.45) is 3.99. The highest BCUT2D eigenvalue weighted by molar-refractivity contribution is 5.91. The molecule has 8 nitrogen and oxygen atoms in total. The number of aromatic nitrogens is 2. The van der Waals surface area contributed by atoms with Crippen LogP contribution in [0.5, 0.6) is 5.75 Å². The molecule has 0 spiro atoms. The van der Waals surface area contributed by atoms with Crippen LogP contribution in [0.4, 0.5) is 5.69 Å². The fourth-order valence-corrected chi connectivity index (χ4v) is 3.06. The Labute approximate surface area is 180 Å². The number of aromatic hydroxyl groups is 1. The number of piperazine rings is 1. The first-order valence-corrected chi connectivity index (χ1v) is 9.81. The van der Waals surface area contributed by atoms with Gasteiger partial charge in [-0.3, -0.25) is 9.59 Å². The maximum Gasteiger partial charge on any atom is 0.252 e. The molecule has 1 aliphatic heterocycles. The van der Waals surface area contributed by atoms with E-state index in [0.717, 1.165) is 5.69 Å². The van der Waals surface area contributed by atoms with Crippen LogP contribution in [0.2, 0.25) is 0 Å². The molecule has 31 heavy (non-hydrogen) atoms. The van der Waals surface area contributed by atoms with Gasteiger partial charge in [-0.05, 0) is 43.3 Å². The molecule has 2 heterocycles. The molecule has 2 aromatic rings. The SMILES string of the molecule is Cc1cccc(O)cnc(/C=C/C(=O)N2CCN(c3ccc(C#N)cc3)CC2)[nH]c1=O. The van der Waals surface area contributed by atoms with E-state index in [4.69, 9.17) is 5.26 Å². The van der Waals surface area contributed by atoms with E-state index in [1.165, 1.54) is 24.4 Å². The molecule has 1 amide bonds. The van der Waals surface area contributed by atoms with Gasteiger partial charge in [-0.15, -0.1) is 0 Å². The van der Waals surface area contributed by atoms with E-state index < -0.39 is 0 Å². The number of carbonyl (C=O) groups is 1. The van der Waals surface area contributed by atoms with E-state index in [2.05, 4.69) is 20.9 Å². The third-order valence-corrected chi connectivity index (χ3v) is 4.89. The lowest BCUT2D eigenvalue weighted by Crippen LogP contribution is -2.48. The molecule has 1 aliphatic rings. The minimum Gasteiger partial charge on any atom is -0.506 e. The molecule has 0 bridgehead atoms. The van der Waals surface area contributed by atoms with Gasteiger partial charge < -0.3 is 19.9 Å². The molecular weight excluding hydrogens is 394 g/mol. The summed E-state index contributed by atoms with van der Waals surface area (Å²) in [6, 6.07) is 14.0. The van der Waals surface area contributed by atoms with E-state index in [-0.39, 0.29) is 23.0 Å². The number of nitrogens with zero attached hydrogens (tertiary/aromatic N) is 4. The predicted molar refractivity (Wildman–Crippen MR) is 118 cm³/mol. The van der Waals surface area contributed by atoms with Crippen molar-refractivity contribution >= 4 is 17.7 Å². The van der Waals surface area contributed by atoms with Crippen LogP contribution in [0.25, 0.3) is 6.08 Å². The van der Waals surface area contributed by atoms with Gasteiger partial charge in [0.2, 0.25) is 5.91 Å². The van der Waals surface area contributed by atoms with Gasteiger partial charge in [0.1, 0.15) is 11.6 Å². The van der Waals surface area contributed by atoms with Crippen molar-refractivity contribution in [2.45, 2.75) is 6.92 Å². The highest BCUT2D eigenvalue weighted by Gasteiger charge is 2.19. The molecule has 1 fully saturated rings. The van der Waals surface area contributed by atoms with Gasteiger partial charge in [0.15, 0.2) is 0 Å². The summed E-state index contributed by atoms with van der Waals surface area (Å²) in [6.45, 7) is 4.10. The topological polar surface area (TPSA) is 113 Å². The third kappa shape index (κ3) is 5.93. The number of nitrogens with one attached hydrogen (secondary N) is 1. The largest absolute Gasteiger partial charge is 0.506 e. The van der Waals surface area contributed by atoms with Crippen molar-refractivity contribution in [1.82, 2.24) is 14.9 Å². The van der Waals surface area contributed by atoms with Crippen molar-refractivity contribution in [3.63, 3.8) is 0 Å². The van der Waals surface area contributed by atoms with Crippen molar-refractivity contribution in [3.8, 4) is 11.8 Å². The van der Waals surface area contributed by atoms with Crippen LogP contribution in [0.1, 0.15) is 17.0 Å². The monoisotopic (exact) mass is 417 g/mol. The number of benzene rings is 1. The highest BCUT2D eigenvalue weighted by atomic mass is 16.3. The van der Waals surface area contributed by atoms with Crippen LogP contribution in [0, 0.1) is 18.3 Å². The normalized spacial score (nSPS) is 13.5. The first-order valence-electron chi connectivity index (χ1n) is 9.81. The Morgan fingerprint density at radius 1 is 1.16 bits per heavy atom. The molecule has 2 N–H and O–H groups in total. The number of carbonyl (C=O) groups excluding carboxylic acids is 1. The third-order valence-electron chi connectivity index (χ3n) is 4.89. The molecule has 0 radical (unpaired) electrons. The van der Waals surface area contributed by atoms with Crippen LogP contribution in [-0.4, -0.2) is 52.1 Å². The number of hydrogen-bond acceptors (Lipinski definition) is 6. The number of nitriles is 1. The van der Waals surface area contributed by atoms with Crippen LogP contribution >= 0.6 is 0 Å². The van der Waals surface area contributed by atoms with Crippen molar-refractivity contribution < 1.29 is 9.90 Å². The summed E-state index contributed by atoms with van der Waals surface area (Å²) in [5.74, 6) is -0.102. The van der Waals surface area contributed by atoms with E-state index in [0.29, 0.717) is 37.3 Å². The number of anilines is 1. The molecule has 8 heteroatoms. The molecule has 1 aromatic carbocycles. The maximum absolute atomic E-state index is 12.6. The molecule has 3 rings (SSSR count). The molecule has 1 saturated heterocycles. The Morgan fingerprint density at radius 3 is 2.55 bits per heavy atom. The lowest BCUT2D eigenvalue weighted by atomic mass is 10.2. The highest BCUT2D eigenvalue weighted by Crippen LogP contribution is 2.17. The van der Waals surface area contributed by atoms with Crippen LogP contribution in [0.3, 0.4) is 0 Å². The second kappa shape index (κ2) is 10.1. The number of hydrogen-bond donors (Lipinski definition) is 2. The van der Waals surface area contributed by atoms with Gasteiger partial charge in [0.05, 0.1) is 17.8 Å². The number of aryl methyl sites for hydroxylation is 1. The Balaban J connectivity index is 1.69. The summed E-state index contributed by atoms with van der Waals surface area (Å²) in [7, 11) is 0.